The average Bonchev–Trinajstić information content (AvgIpc) is 3.67. The third-order valence-electron chi connectivity index (χ3n) is 8.74. The molecule has 5 aromatic heterocycles. The Balaban J connectivity index is 1.24. The lowest BCUT2D eigenvalue weighted by molar-refractivity contribution is 0.672. The summed E-state index contributed by atoms with van der Waals surface area (Å²) >= 11 is 0. The number of nitrogens with zero attached hydrogens (tertiary/aromatic N) is 4. The van der Waals surface area contributed by atoms with Gasteiger partial charge in [-0.15, -0.1) is 0 Å². The fourth-order valence-corrected chi connectivity index (χ4v) is 6.66. The third kappa shape index (κ3) is 3.26. The number of aromatic nitrogens is 4. The molecule has 0 N–H and O–H groups in total. The van der Waals surface area contributed by atoms with E-state index in [2.05, 4.69) is 114 Å². The van der Waals surface area contributed by atoms with Gasteiger partial charge in [0.05, 0.1) is 33.5 Å². The molecule has 204 valence electrons. The first-order valence-electron chi connectivity index (χ1n) is 14.7. The summed E-state index contributed by atoms with van der Waals surface area (Å²) in [7, 11) is 0. The number of fused-ring (bicyclic) bond motifs is 13. The van der Waals surface area contributed by atoms with Crippen LogP contribution < -0.4 is 0 Å². The quantitative estimate of drug-likeness (QED) is 0.197. The number of para-hydroxylation sites is 2. The van der Waals surface area contributed by atoms with E-state index in [1.807, 2.05) is 24.3 Å². The fourth-order valence-electron chi connectivity index (χ4n) is 6.66. The first-order chi connectivity index (χ1) is 21.8. The molecular weight excluding hydrogens is 540 g/mol. The van der Waals surface area contributed by atoms with Crippen molar-refractivity contribution >= 4 is 71.3 Å². The molecular formula is C39H22N4O. The van der Waals surface area contributed by atoms with Crippen LogP contribution in [-0.2, 0) is 0 Å². The van der Waals surface area contributed by atoms with Crippen LogP contribution in [0.2, 0.25) is 0 Å². The largest absolute Gasteiger partial charge is 0.454 e. The second kappa shape index (κ2) is 8.72. The van der Waals surface area contributed by atoms with Crippen LogP contribution in [0.5, 0.6) is 0 Å². The predicted octanol–water partition coefficient (Wildman–Crippen LogP) is 9.97. The first kappa shape index (κ1) is 23.5. The Bertz CT molecular complexity index is 2780. The van der Waals surface area contributed by atoms with E-state index in [-0.39, 0.29) is 0 Å². The molecule has 0 radical (unpaired) electrons. The van der Waals surface area contributed by atoms with Crippen molar-refractivity contribution in [3.63, 3.8) is 0 Å². The first-order valence-corrected chi connectivity index (χ1v) is 14.7. The highest BCUT2D eigenvalue weighted by Gasteiger charge is 2.20. The number of hydrogen-bond donors (Lipinski definition) is 0. The van der Waals surface area contributed by atoms with E-state index in [1.165, 1.54) is 0 Å². The molecule has 5 nitrogen and oxygen atoms in total. The Morgan fingerprint density at radius 1 is 0.500 bits per heavy atom. The molecule has 0 unspecified atom stereocenters. The minimum atomic E-state index is 0.833. The van der Waals surface area contributed by atoms with Crippen LogP contribution >= 0.6 is 0 Å². The smallest absolute Gasteiger partial charge is 0.160 e. The number of furan rings is 1. The average molecular weight is 563 g/mol. The lowest BCUT2D eigenvalue weighted by Crippen LogP contribution is -1.91. The Labute approximate surface area is 250 Å². The fraction of sp³-hybridized carbons (Fsp3) is 0. The molecule has 0 spiro atoms. The van der Waals surface area contributed by atoms with Gasteiger partial charge in [-0.3, -0.25) is 4.40 Å². The zero-order valence-corrected chi connectivity index (χ0v) is 23.4. The van der Waals surface area contributed by atoms with Crippen LogP contribution in [0.3, 0.4) is 0 Å². The van der Waals surface area contributed by atoms with Crippen molar-refractivity contribution in [2.75, 3.05) is 0 Å². The zero-order valence-electron chi connectivity index (χ0n) is 23.4. The zero-order chi connectivity index (χ0) is 28.8. The highest BCUT2D eigenvalue weighted by molar-refractivity contribution is 6.19. The Kier molecular flexibility index (Phi) is 4.66. The topological polar surface area (TPSA) is 56.2 Å². The van der Waals surface area contributed by atoms with Gasteiger partial charge >= 0.3 is 0 Å². The van der Waals surface area contributed by atoms with Gasteiger partial charge in [0, 0.05) is 38.1 Å². The summed E-state index contributed by atoms with van der Waals surface area (Å²) in [5.41, 5.74) is 11.4. The lowest BCUT2D eigenvalue weighted by atomic mass is 10.0. The Hall–Kier alpha value is -6.07. The van der Waals surface area contributed by atoms with Crippen LogP contribution in [0.25, 0.3) is 93.8 Å². The molecule has 10 rings (SSSR count). The van der Waals surface area contributed by atoms with Gasteiger partial charge < -0.3 is 4.42 Å². The monoisotopic (exact) mass is 562 g/mol. The highest BCUT2D eigenvalue weighted by Crippen LogP contribution is 2.39. The van der Waals surface area contributed by atoms with Crippen molar-refractivity contribution in [3.8, 4) is 22.5 Å². The van der Waals surface area contributed by atoms with Crippen molar-refractivity contribution in [2.45, 2.75) is 0 Å². The Morgan fingerprint density at radius 3 is 1.95 bits per heavy atom. The molecule has 0 atom stereocenters. The SMILES string of the molecule is c1ccc(-c2ccc3ccc4ccc(-c5ccc6oc7c8ccccc8c8nc9ccccc9n8c7c6c5)nc4c3n2)cc1. The molecule has 0 bridgehead atoms. The van der Waals surface area contributed by atoms with Crippen molar-refractivity contribution in [2.24, 2.45) is 0 Å². The van der Waals surface area contributed by atoms with Gasteiger partial charge in [0.1, 0.15) is 16.7 Å². The summed E-state index contributed by atoms with van der Waals surface area (Å²) in [6.45, 7) is 0. The minimum absolute atomic E-state index is 0.833. The number of hydrogen-bond acceptors (Lipinski definition) is 4. The summed E-state index contributed by atoms with van der Waals surface area (Å²) < 4.78 is 8.84. The lowest BCUT2D eigenvalue weighted by Gasteiger charge is -2.08. The van der Waals surface area contributed by atoms with Crippen LogP contribution in [0.1, 0.15) is 0 Å². The molecule has 0 saturated carbocycles. The van der Waals surface area contributed by atoms with Gasteiger partial charge in [-0.05, 0) is 42.5 Å². The van der Waals surface area contributed by atoms with Crippen LogP contribution in [0, 0.1) is 0 Å². The third-order valence-corrected chi connectivity index (χ3v) is 8.74. The van der Waals surface area contributed by atoms with E-state index in [0.717, 1.165) is 93.8 Å². The molecule has 0 aliphatic carbocycles. The van der Waals surface area contributed by atoms with E-state index in [1.54, 1.807) is 0 Å². The van der Waals surface area contributed by atoms with Crippen molar-refractivity contribution in [3.05, 3.63) is 133 Å². The summed E-state index contributed by atoms with van der Waals surface area (Å²) in [6, 6.07) is 46.0. The molecule has 44 heavy (non-hydrogen) atoms. The van der Waals surface area contributed by atoms with E-state index in [9.17, 15) is 0 Å². The molecule has 10 aromatic rings. The van der Waals surface area contributed by atoms with Crippen LogP contribution in [0.15, 0.2) is 138 Å². The van der Waals surface area contributed by atoms with Crippen molar-refractivity contribution < 1.29 is 4.42 Å². The molecule has 0 amide bonds. The second-order valence-electron chi connectivity index (χ2n) is 11.3. The molecule has 0 aliphatic rings. The molecule has 5 heterocycles. The summed E-state index contributed by atoms with van der Waals surface area (Å²) in [5, 5.41) is 5.28. The van der Waals surface area contributed by atoms with Gasteiger partial charge in [-0.1, -0.05) is 91.0 Å². The van der Waals surface area contributed by atoms with Gasteiger partial charge in [0.15, 0.2) is 5.58 Å². The second-order valence-corrected chi connectivity index (χ2v) is 11.3. The van der Waals surface area contributed by atoms with E-state index >= 15 is 0 Å². The highest BCUT2D eigenvalue weighted by atomic mass is 16.3. The molecule has 0 aliphatic heterocycles. The number of rotatable bonds is 2. The minimum Gasteiger partial charge on any atom is -0.454 e. The number of imidazole rings is 1. The Morgan fingerprint density at radius 2 is 1.16 bits per heavy atom. The van der Waals surface area contributed by atoms with Crippen LogP contribution in [0.4, 0.5) is 0 Å². The maximum absolute atomic E-state index is 6.59. The summed E-state index contributed by atoms with van der Waals surface area (Å²) in [5.74, 6) is 0. The maximum atomic E-state index is 6.59. The van der Waals surface area contributed by atoms with Gasteiger partial charge in [0.2, 0.25) is 0 Å². The van der Waals surface area contributed by atoms with Gasteiger partial charge in [-0.2, -0.15) is 0 Å². The predicted molar refractivity (Wildman–Crippen MR) is 179 cm³/mol. The van der Waals surface area contributed by atoms with E-state index in [0.29, 0.717) is 0 Å². The molecule has 5 aromatic carbocycles. The summed E-state index contributed by atoms with van der Waals surface area (Å²) in [4.78, 5) is 15.4. The van der Waals surface area contributed by atoms with E-state index in [4.69, 9.17) is 19.4 Å². The van der Waals surface area contributed by atoms with E-state index < -0.39 is 0 Å². The standard InChI is InChI=1S/C39H22N4O/c1-2-8-23(9-3-1)30-19-16-24-14-15-25-17-20-31(41-36(25)35(24)40-30)26-18-21-34-29(22-26)37-38(44-34)27-10-4-5-11-28(27)39-42-32-12-6-7-13-33(32)43(37)39/h1-22H. The van der Waals surface area contributed by atoms with Crippen molar-refractivity contribution in [1.82, 2.24) is 19.4 Å². The number of pyridine rings is 3. The number of benzene rings is 5. The maximum Gasteiger partial charge on any atom is 0.160 e. The normalized spacial score (nSPS) is 12.1. The molecule has 0 fully saturated rings. The van der Waals surface area contributed by atoms with Gasteiger partial charge in [-0.25, -0.2) is 15.0 Å². The molecule has 0 saturated heterocycles. The summed E-state index contributed by atoms with van der Waals surface area (Å²) in [6.07, 6.45) is 0. The molecule has 5 heteroatoms. The van der Waals surface area contributed by atoms with Crippen LogP contribution in [-0.4, -0.2) is 19.4 Å². The van der Waals surface area contributed by atoms with Gasteiger partial charge in [0.25, 0.3) is 0 Å². The van der Waals surface area contributed by atoms with Crippen molar-refractivity contribution in [1.29, 1.82) is 0 Å².